The SMILES string of the molecule is CN=C(NCc1cc(N(C)C)nc2ccccc12)NCC1(CCOC)CCCC1. The summed E-state index contributed by atoms with van der Waals surface area (Å²) < 4.78 is 5.36. The minimum absolute atomic E-state index is 0.328. The lowest BCUT2D eigenvalue weighted by Crippen LogP contribution is -2.43. The standard InChI is InChI=1S/C23H35N5O/c1-24-22(26-17-23(13-14-29-4)11-7-8-12-23)25-16-18-15-21(28(2)3)27-20-10-6-5-9-19(18)20/h5-6,9-10,15H,7-8,11-14,16-17H2,1-4H3,(H2,24,25,26). The molecule has 0 radical (unpaired) electrons. The molecule has 1 aromatic heterocycles. The number of aromatic nitrogens is 1. The number of nitrogens with one attached hydrogen (secondary N) is 2. The molecule has 0 aliphatic heterocycles. The Morgan fingerprint density at radius 2 is 1.97 bits per heavy atom. The third kappa shape index (κ3) is 5.38. The fraction of sp³-hybridized carbons (Fsp3) is 0.565. The Balaban J connectivity index is 1.68. The molecule has 0 atom stereocenters. The summed E-state index contributed by atoms with van der Waals surface area (Å²) in [6.45, 7) is 2.47. The molecule has 0 unspecified atom stereocenters. The van der Waals surface area contributed by atoms with E-state index in [2.05, 4.69) is 39.9 Å². The van der Waals surface area contributed by atoms with Crippen LogP contribution in [0, 0.1) is 5.41 Å². The smallest absolute Gasteiger partial charge is 0.191 e. The van der Waals surface area contributed by atoms with E-state index < -0.39 is 0 Å². The van der Waals surface area contributed by atoms with Crippen LogP contribution in [0.3, 0.4) is 0 Å². The van der Waals surface area contributed by atoms with Crippen molar-refractivity contribution in [2.75, 3.05) is 46.3 Å². The van der Waals surface area contributed by atoms with Crippen LogP contribution in [-0.2, 0) is 11.3 Å². The Morgan fingerprint density at radius 3 is 2.66 bits per heavy atom. The first-order valence-corrected chi connectivity index (χ1v) is 10.6. The lowest BCUT2D eigenvalue weighted by Gasteiger charge is -2.30. The summed E-state index contributed by atoms with van der Waals surface area (Å²) in [6, 6.07) is 10.5. The number of fused-ring (bicyclic) bond motifs is 1. The second kappa shape index (κ2) is 9.92. The van der Waals surface area contributed by atoms with Crippen LogP contribution >= 0.6 is 0 Å². The number of guanidine groups is 1. The highest BCUT2D eigenvalue weighted by atomic mass is 16.5. The zero-order chi connectivity index (χ0) is 20.7. The second-order valence-electron chi connectivity index (χ2n) is 8.28. The number of nitrogens with zero attached hydrogens (tertiary/aromatic N) is 3. The molecular formula is C23H35N5O. The number of hydrogen-bond donors (Lipinski definition) is 2. The van der Waals surface area contributed by atoms with Crippen molar-refractivity contribution < 1.29 is 4.74 Å². The van der Waals surface area contributed by atoms with Crippen LogP contribution in [0.4, 0.5) is 5.82 Å². The quantitative estimate of drug-likeness (QED) is 0.527. The number of anilines is 1. The molecule has 1 aromatic carbocycles. The van der Waals surface area contributed by atoms with E-state index in [4.69, 9.17) is 9.72 Å². The molecule has 29 heavy (non-hydrogen) atoms. The zero-order valence-corrected chi connectivity index (χ0v) is 18.3. The summed E-state index contributed by atoms with van der Waals surface area (Å²) in [4.78, 5) is 11.2. The fourth-order valence-corrected chi connectivity index (χ4v) is 4.24. The number of rotatable bonds is 8. The molecule has 3 rings (SSSR count). The van der Waals surface area contributed by atoms with Crippen molar-refractivity contribution in [3.8, 4) is 0 Å². The van der Waals surface area contributed by atoms with Gasteiger partial charge in [-0.15, -0.1) is 0 Å². The van der Waals surface area contributed by atoms with Crippen LogP contribution in [-0.4, -0.2) is 52.3 Å². The predicted molar refractivity (Wildman–Crippen MR) is 122 cm³/mol. The Labute approximate surface area is 174 Å². The minimum atomic E-state index is 0.328. The molecule has 158 valence electrons. The van der Waals surface area contributed by atoms with Gasteiger partial charge < -0.3 is 20.3 Å². The van der Waals surface area contributed by atoms with Crippen molar-refractivity contribution in [1.29, 1.82) is 0 Å². The van der Waals surface area contributed by atoms with E-state index in [1.807, 2.05) is 32.1 Å². The van der Waals surface area contributed by atoms with E-state index in [0.29, 0.717) is 12.0 Å². The van der Waals surface area contributed by atoms with E-state index in [1.165, 1.54) is 36.6 Å². The first-order valence-electron chi connectivity index (χ1n) is 10.6. The molecule has 2 aromatic rings. The second-order valence-corrected chi connectivity index (χ2v) is 8.28. The number of aliphatic imine (C=N–C) groups is 1. The van der Waals surface area contributed by atoms with Gasteiger partial charge >= 0.3 is 0 Å². The number of hydrogen-bond acceptors (Lipinski definition) is 4. The number of methoxy groups -OCH3 is 1. The molecule has 1 saturated carbocycles. The van der Waals surface area contributed by atoms with Gasteiger partial charge in [-0.2, -0.15) is 0 Å². The molecule has 1 aliphatic rings. The van der Waals surface area contributed by atoms with Gasteiger partial charge in [-0.3, -0.25) is 4.99 Å². The summed E-state index contributed by atoms with van der Waals surface area (Å²) in [7, 11) is 7.67. The summed E-state index contributed by atoms with van der Waals surface area (Å²) >= 11 is 0. The maximum Gasteiger partial charge on any atom is 0.191 e. The topological polar surface area (TPSA) is 61.8 Å². The zero-order valence-electron chi connectivity index (χ0n) is 18.3. The van der Waals surface area contributed by atoms with Gasteiger partial charge in [0.25, 0.3) is 0 Å². The Hall–Kier alpha value is -2.34. The van der Waals surface area contributed by atoms with Crippen LogP contribution in [0.5, 0.6) is 0 Å². The van der Waals surface area contributed by atoms with E-state index in [-0.39, 0.29) is 0 Å². The number of benzene rings is 1. The summed E-state index contributed by atoms with van der Waals surface area (Å²) in [5, 5.41) is 8.25. The molecular weight excluding hydrogens is 362 g/mol. The third-order valence-corrected chi connectivity index (χ3v) is 6.05. The van der Waals surface area contributed by atoms with Crippen molar-refractivity contribution in [1.82, 2.24) is 15.6 Å². The van der Waals surface area contributed by atoms with Gasteiger partial charge in [0.1, 0.15) is 5.82 Å². The Kier molecular flexibility index (Phi) is 7.31. The van der Waals surface area contributed by atoms with Gasteiger partial charge in [-0.05, 0) is 42.4 Å². The fourth-order valence-electron chi connectivity index (χ4n) is 4.24. The first kappa shape index (κ1) is 21.4. The largest absolute Gasteiger partial charge is 0.385 e. The Bertz CT molecular complexity index is 827. The van der Waals surface area contributed by atoms with E-state index in [0.717, 1.165) is 36.9 Å². The Morgan fingerprint density at radius 1 is 1.21 bits per heavy atom. The minimum Gasteiger partial charge on any atom is -0.385 e. The van der Waals surface area contributed by atoms with Gasteiger partial charge in [-0.25, -0.2) is 4.98 Å². The maximum absolute atomic E-state index is 5.36. The average Bonchev–Trinajstić information content (AvgIpc) is 3.21. The number of ether oxygens (including phenoxy) is 1. The molecule has 1 aliphatic carbocycles. The van der Waals surface area contributed by atoms with Crippen LogP contribution in [0.15, 0.2) is 35.3 Å². The first-order chi connectivity index (χ1) is 14.1. The summed E-state index contributed by atoms with van der Waals surface area (Å²) in [5.74, 6) is 1.81. The molecule has 6 heteroatoms. The van der Waals surface area contributed by atoms with E-state index in [9.17, 15) is 0 Å². The van der Waals surface area contributed by atoms with E-state index >= 15 is 0 Å². The van der Waals surface area contributed by atoms with Crippen LogP contribution < -0.4 is 15.5 Å². The lowest BCUT2D eigenvalue weighted by atomic mass is 9.83. The van der Waals surface area contributed by atoms with Gasteiger partial charge in [-0.1, -0.05) is 31.0 Å². The number of para-hydroxylation sites is 1. The third-order valence-electron chi connectivity index (χ3n) is 6.05. The van der Waals surface area contributed by atoms with Crippen molar-refractivity contribution >= 4 is 22.7 Å². The molecule has 0 spiro atoms. The highest BCUT2D eigenvalue weighted by Crippen LogP contribution is 2.40. The van der Waals surface area contributed by atoms with Crippen molar-refractivity contribution in [3.63, 3.8) is 0 Å². The van der Waals surface area contributed by atoms with Gasteiger partial charge in [0.05, 0.1) is 5.52 Å². The van der Waals surface area contributed by atoms with Gasteiger partial charge in [0.2, 0.25) is 0 Å². The van der Waals surface area contributed by atoms with Crippen LogP contribution in [0.1, 0.15) is 37.7 Å². The van der Waals surface area contributed by atoms with Gasteiger partial charge in [0.15, 0.2) is 5.96 Å². The summed E-state index contributed by atoms with van der Waals surface area (Å²) in [5.41, 5.74) is 2.56. The molecule has 2 N–H and O–H groups in total. The predicted octanol–water partition coefficient (Wildman–Crippen LogP) is 3.56. The lowest BCUT2D eigenvalue weighted by molar-refractivity contribution is 0.138. The molecule has 0 bridgehead atoms. The highest BCUT2D eigenvalue weighted by Gasteiger charge is 2.33. The van der Waals surface area contributed by atoms with Crippen LogP contribution in [0.2, 0.25) is 0 Å². The highest BCUT2D eigenvalue weighted by molar-refractivity contribution is 5.85. The molecule has 1 heterocycles. The molecule has 1 fully saturated rings. The normalized spacial score (nSPS) is 16.2. The monoisotopic (exact) mass is 397 g/mol. The molecule has 0 amide bonds. The van der Waals surface area contributed by atoms with Gasteiger partial charge in [0, 0.05) is 53.3 Å². The molecule has 0 saturated heterocycles. The van der Waals surface area contributed by atoms with Crippen molar-refractivity contribution in [3.05, 3.63) is 35.9 Å². The maximum atomic E-state index is 5.36. The van der Waals surface area contributed by atoms with Crippen molar-refractivity contribution in [2.45, 2.75) is 38.6 Å². The average molecular weight is 398 g/mol. The van der Waals surface area contributed by atoms with Crippen molar-refractivity contribution in [2.24, 2.45) is 10.4 Å². The summed E-state index contributed by atoms with van der Waals surface area (Å²) in [6.07, 6.45) is 6.26. The van der Waals surface area contributed by atoms with Crippen LogP contribution in [0.25, 0.3) is 10.9 Å². The number of pyridine rings is 1. The molecule has 6 nitrogen and oxygen atoms in total. The van der Waals surface area contributed by atoms with E-state index in [1.54, 1.807) is 7.11 Å².